The van der Waals surface area contributed by atoms with Crippen molar-refractivity contribution in [3.63, 3.8) is 0 Å². The first-order valence-electron chi connectivity index (χ1n) is 5.73. The van der Waals surface area contributed by atoms with E-state index in [2.05, 4.69) is 4.98 Å². The predicted molar refractivity (Wildman–Crippen MR) is 69.3 cm³/mol. The van der Waals surface area contributed by atoms with Gasteiger partial charge in [0.15, 0.2) is 17.5 Å². The van der Waals surface area contributed by atoms with E-state index in [0.717, 1.165) is 6.07 Å². The fourth-order valence-corrected chi connectivity index (χ4v) is 1.55. The van der Waals surface area contributed by atoms with Gasteiger partial charge in [0.25, 0.3) is 5.91 Å². The van der Waals surface area contributed by atoms with E-state index in [-0.39, 0.29) is 5.57 Å². The van der Waals surface area contributed by atoms with Crippen LogP contribution < -0.4 is 5.32 Å². The van der Waals surface area contributed by atoms with Gasteiger partial charge < -0.3 is 10.3 Å². The summed E-state index contributed by atoms with van der Waals surface area (Å²) >= 11 is 0. The highest BCUT2D eigenvalue weighted by atomic mass is 19.2. The lowest BCUT2D eigenvalue weighted by Crippen LogP contribution is -2.15. The summed E-state index contributed by atoms with van der Waals surface area (Å²) in [5.74, 6) is -5.52. The molecule has 0 aliphatic carbocycles. The Labute approximate surface area is 117 Å². The summed E-state index contributed by atoms with van der Waals surface area (Å²) in [6.45, 7) is 0. The standard InChI is InChI=1S/C14H8F3N3O/c15-10-3-4-11(13(17)12(10)16)20-14(21)8(7-18)6-9-2-1-5-19-9/h1-6,19H,(H,20,21). The summed E-state index contributed by atoms with van der Waals surface area (Å²) < 4.78 is 39.3. The highest BCUT2D eigenvalue weighted by molar-refractivity contribution is 6.09. The number of amides is 1. The Kier molecular flexibility index (Phi) is 4.09. The average molecular weight is 291 g/mol. The summed E-state index contributed by atoms with van der Waals surface area (Å²) in [6, 6.07) is 6.46. The second-order valence-electron chi connectivity index (χ2n) is 3.97. The van der Waals surface area contributed by atoms with Crippen molar-refractivity contribution in [1.82, 2.24) is 4.98 Å². The molecule has 1 amide bonds. The third-order valence-electron chi connectivity index (χ3n) is 2.57. The zero-order valence-corrected chi connectivity index (χ0v) is 10.5. The van der Waals surface area contributed by atoms with E-state index in [1.54, 1.807) is 24.4 Å². The molecule has 0 radical (unpaired) electrons. The van der Waals surface area contributed by atoms with Gasteiger partial charge in [-0.2, -0.15) is 5.26 Å². The van der Waals surface area contributed by atoms with Crippen LogP contribution >= 0.6 is 0 Å². The van der Waals surface area contributed by atoms with Gasteiger partial charge in [-0.05, 0) is 30.3 Å². The topological polar surface area (TPSA) is 68.7 Å². The maximum atomic E-state index is 13.4. The minimum absolute atomic E-state index is 0.318. The molecular formula is C14H8F3N3O. The van der Waals surface area contributed by atoms with Crippen molar-refractivity contribution in [1.29, 1.82) is 5.26 Å². The number of hydrogen-bond acceptors (Lipinski definition) is 2. The first kappa shape index (κ1) is 14.4. The zero-order chi connectivity index (χ0) is 15.4. The quantitative estimate of drug-likeness (QED) is 0.518. The molecule has 0 aliphatic rings. The van der Waals surface area contributed by atoms with Crippen molar-refractivity contribution in [2.24, 2.45) is 0 Å². The number of nitriles is 1. The molecule has 1 heterocycles. The lowest BCUT2D eigenvalue weighted by atomic mass is 10.2. The van der Waals surface area contributed by atoms with E-state index in [0.29, 0.717) is 11.8 Å². The second kappa shape index (κ2) is 5.96. The van der Waals surface area contributed by atoms with Crippen molar-refractivity contribution in [3.8, 4) is 6.07 Å². The number of aromatic amines is 1. The van der Waals surface area contributed by atoms with Crippen LogP contribution in [0.5, 0.6) is 0 Å². The van der Waals surface area contributed by atoms with Gasteiger partial charge in [0, 0.05) is 11.9 Å². The van der Waals surface area contributed by atoms with Gasteiger partial charge in [0.1, 0.15) is 11.6 Å². The SMILES string of the molecule is N#CC(=Cc1ccc[nH]1)C(=O)Nc1ccc(F)c(F)c1F. The summed E-state index contributed by atoms with van der Waals surface area (Å²) in [4.78, 5) is 14.6. The third kappa shape index (κ3) is 3.12. The van der Waals surface area contributed by atoms with Crippen molar-refractivity contribution in [2.45, 2.75) is 0 Å². The molecule has 0 saturated carbocycles. The Hall–Kier alpha value is -3.01. The van der Waals surface area contributed by atoms with Gasteiger partial charge in [0.05, 0.1) is 5.69 Å². The summed E-state index contributed by atoms with van der Waals surface area (Å²) in [5, 5.41) is 10.9. The van der Waals surface area contributed by atoms with Crippen molar-refractivity contribution in [3.05, 3.63) is 59.2 Å². The van der Waals surface area contributed by atoms with E-state index >= 15 is 0 Å². The van der Waals surface area contributed by atoms with Crippen molar-refractivity contribution >= 4 is 17.7 Å². The number of rotatable bonds is 3. The molecule has 0 spiro atoms. The third-order valence-corrected chi connectivity index (χ3v) is 2.57. The van der Waals surface area contributed by atoms with Crippen molar-refractivity contribution in [2.75, 3.05) is 5.32 Å². The number of nitrogens with zero attached hydrogens (tertiary/aromatic N) is 1. The zero-order valence-electron chi connectivity index (χ0n) is 10.5. The van der Waals surface area contributed by atoms with Crippen LogP contribution in [0.25, 0.3) is 6.08 Å². The van der Waals surface area contributed by atoms with E-state index in [9.17, 15) is 18.0 Å². The number of aromatic nitrogens is 1. The van der Waals surface area contributed by atoms with Crippen LogP contribution in [0.15, 0.2) is 36.0 Å². The largest absolute Gasteiger partial charge is 0.362 e. The maximum absolute atomic E-state index is 13.4. The molecule has 0 aliphatic heterocycles. The van der Waals surface area contributed by atoms with Crippen LogP contribution in [0.4, 0.5) is 18.9 Å². The van der Waals surface area contributed by atoms with Crippen LogP contribution in [0.3, 0.4) is 0 Å². The molecule has 1 aromatic heterocycles. The van der Waals surface area contributed by atoms with Crippen LogP contribution in [-0.2, 0) is 4.79 Å². The molecule has 0 atom stereocenters. The van der Waals surface area contributed by atoms with Crippen LogP contribution in [0.2, 0.25) is 0 Å². The highest BCUT2D eigenvalue weighted by Crippen LogP contribution is 2.20. The average Bonchev–Trinajstić information content (AvgIpc) is 2.98. The fourth-order valence-electron chi connectivity index (χ4n) is 1.55. The normalized spacial score (nSPS) is 11.0. The molecule has 0 fully saturated rings. The van der Waals surface area contributed by atoms with Gasteiger partial charge in [-0.25, -0.2) is 13.2 Å². The first-order valence-corrected chi connectivity index (χ1v) is 5.73. The Morgan fingerprint density at radius 1 is 1.24 bits per heavy atom. The van der Waals surface area contributed by atoms with Crippen LogP contribution in [-0.4, -0.2) is 10.9 Å². The second-order valence-corrected chi connectivity index (χ2v) is 3.97. The smallest absolute Gasteiger partial charge is 0.266 e. The molecule has 0 bridgehead atoms. The monoisotopic (exact) mass is 291 g/mol. The van der Waals surface area contributed by atoms with Gasteiger partial charge in [-0.1, -0.05) is 0 Å². The van der Waals surface area contributed by atoms with E-state index < -0.39 is 29.0 Å². The number of anilines is 1. The summed E-state index contributed by atoms with van der Waals surface area (Å²) in [6.07, 6.45) is 2.83. The first-order chi connectivity index (χ1) is 10.0. The Bertz CT molecular complexity index is 746. The molecule has 2 rings (SSSR count). The molecule has 7 heteroatoms. The molecule has 0 saturated heterocycles. The minimum atomic E-state index is -1.69. The number of halogens is 3. The molecule has 4 nitrogen and oxygen atoms in total. The summed E-state index contributed by atoms with van der Waals surface area (Å²) in [5.41, 5.74) is -0.374. The minimum Gasteiger partial charge on any atom is -0.362 e. The molecule has 21 heavy (non-hydrogen) atoms. The molecule has 106 valence electrons. The van der Waals surface area contributed by atoms with E-state index in [1.165, 1.54) is 6.08 Å². The lowest BCUT2D eigenvalue weighted by Gasteiger charge is -2.06. The lowest BCUT2D eigenvalue weighted by molar-refractivity contribution is -0.112. The fraction of sp³-hybridized carbons (Fsp3) is 0. The Morgan fingerprint density at radius 3 is 2.62 bits per heavy atom. The van der Waals surface area contributed by atoms with Gasteiger partial charge >= 0.3 is 0 Å². The Morgan fingerprint density at radius 2 is 2.00 bits per heavy atom. The van der Waals surface area contributed by atoms with Crippen LogP contribution in [0.1, 0.15) is 5.69 Å². The van der Waals surface area contributed by atoms with E-state index in [1.807, 2.05) is 5.32 Å². The number of nitrogens with one attached hydrogen (secondary N) is 2. The molecule has 0 unspecified atom stereocenters. The number of benzene rings is 1. The summed E-state index contributed by atoms with van der Waals surface area (Å²) in [7, 11) is 0. The molecule has 1 aromatic carbocycles. The van der Waals surface area contributed by atoms with Gasteiger partial charge in [0.2, 0.25) is 0 Å². The molecule has 2 N–H and O–H groups in total. The predicted octanol–water partition coefficient (Wildman–Crippen LogP) is 2.98. The Balaban J connectivity index is 2.25. The number of hydrogen-bond donors (Lipinski definition) is 2. The van der Waals surface area contributed by atoms with Gasteiger partial charge in [-0.3, -0.25) is 4.79 Å². The number of carbonyl (C=O) groups is 1. The maximum Gasteiger partial charge on any atom is 0.266 e. The van der Waals surface area contributed by atoms with E-state index in [4.69, 9.17) is 5.26 Å². The molecule has 2 aromatic rings. The number of H-pyrrole nitrogens is 1. The van der Waals surface area contributed by atoms with Crippen molar-refractivity contribution < 1.29 is 18.0 Å². The highest BCUT2D eigenvalue weighted by Gasteiger charge is 2.17. The van der Waals surface area contributed by atoms with Crippen LogP contribution in [0, 0.1) is 28.8 Å². The molecular weight excluding hydrogens is 283 g/mol. The number of carbonyl (C=O) groups excluding carboxylic acids is 1. The van der Waals surface area contributed by atoms with Gasteiger partial charge in [-0.15, -0.1) is 0 Å².